The first-order chi connectivity index (χ1) is 6.87. The van der Waals surface area contributed by atoms with Gasteiger partial charge >= 0.3 is 0 Å². The molecular formula is C11H17N3O. The molecule has 1 aromatic rings. The van der Waals surface area contributed by atoms with Crippen molar-refractivity contribution in [2.45, 2.75) is 33.2 Å². The van der Waals surface area contributed by atoms with Gasteiger partial charge in [0, 0.05) is 12.5 Å². The van der Waals surface area contributed by atoms with Crippen molar-refractivity contribution in [3.8, 4) is 0 Å². The van der Waals surface area contributed by atoms with E-state index in [0.29, 0.717) is 5.69 Å². The quantitative estimate of drug-likeness (QED) is 0.782. The van der Waals surface area contributed by atoms with E-state index in [0.717, 1.165) is 5.82 Å². The predicted molar refractivity (Wildman–Crippen MR) is 61.9 cm³/mol. The van der Waals surface area contributed by atoms with Gasteiger partial charge in [-0.1, -0.05) is 0 Å². The van der Waals surface area contributed by atoms with Gasteiger partial charge in [-0.25, -0.2) is 4.98 Å². The number of hydrogen-bond donors (Lipinski definition) is 2. The van der Waals surface area contributed by atoms with Crippen LogP contribution in [0.5, 0.6) is 0 Å². The lowest BCUT2D eigenvalue weighted by molar-refractivity contribution is -0.114. The van der Waals surface area contributed by atoms with Gasteiger partial charge in [0.05, 0.1) is 11.9 Å². The highest BCUT2D eigenvalue weighted by atomic mass is 16.1. The molecule has 1 rings (SSSR count). The van der Waals surface area contributed by atoms with Gasteiger partial charge in [-0.15, -0.1) is 0 Å². The summed E-state index contributed by atoms with van der Waals surface area (Å²) in [6, 6.07) is 3.67. The van der Waals surface area contributed by atoms with E-state index in [2.05, 4.69) is 36.4 Å². The largest absolute Gasteiger partial charge is 0.365 e. The number of hydrogen-bond acceptors (Lipinski definition) is 3. The fourth-order valence-electron chi connectivity index (χ4n) is 1.13. The average Bonchev–Trinajstić information content (AvgIpc) is 2.05. The van der Waals surface area contributed by atoms with E-state index < -0.39 is 0 Å². The molecule has 15 heavy (non-hydrogen) atoms. The summed E-state index contributed by atoms with van der Waals surface area (Å²) in [5.41, 5.74) is 0.699. The van der Waals surface area contributed by atoms with E-state index in [1.165, 1.54) is 6.92 Å². The predicted octanol–water partition coefficient (Wildman–Crippen LogP) is 2.25. The van der Waals surface area contributed by atoms with Crippen LogP contribution >= 0.6 is 0 Å². The van der Waals surface area contributed by atoms with Crippen LogP contribution in [0.25, 0.3) is 0 Å². The van der Waals surface area contributed by atoms with Gasteiger partial charge in [0.1, 0.15) is 5.82 Å². The maximum Gasteiger partial charge on any atom is 0.221 e. The lowest BCUT2D eigenvalue weighted by Gasteiger charge is -2.21. The highest BCUT2D eigenvalue weighted by molar-refractivity contribution is 5.88. The smallest absolute Gasteiger partial charge is 0.221 e. The minimum atomic E-state index is -0.0895. The Labute approximate surface area is 90.1 Å². The molecule has 2 N–H and O–H groups in total. The first-order valence-corrected chi connectivity index (χ1v) is 4.89. The van der Waals surface area contributed by atoms with Crippen LogP contribution in [0.1, 0.15) is 27.7 Å². The second-order valence-corrected chi connectivity index (χ2v) is 4.49. The van der Waals surface area contributed by atoms with Gasteiger partial charge < -0.3 is 10.6 Å². The molecule has 0 bridgehead atoms. The Kier molecular flexibility index (Phi) is 3.29. The molecule has 82 valence electrons. The Hall–Kier alpha value is -1.58. The second-order valence-electron chi connectivity index (χ2n) is 4.49. The zero-order valence-corrected chi connectivity index (χ0v) is 9.59. The van der Waals surface area contributed by atoms with Crippen molar-refractivity contribution in [3.05, 3.63) is 18.3 Å². The van der Waals surface area contributed by atoms with Crippen molar-refractivity contribution < 1.29 is 4.79 Å². The van der Waals surface area contributed by atoms with Gasteiger partial charge in [0.2, 0.25) is 5.91 Å². The standard InChI is InChI=1S/C11H17N3O/c1-8(15)13-9-5-6-10(12-7-9)14-11(2,3)4/h5-7H,1-4H3,(H,12,14)(H,13,15). The second kappa shape index (κ2) is 4.29. The topological polar surface area (TPSA) is 54.0 Å². The van der Waals surface area contributed by atoms with E-state index in [9.17, 15) is 4.79 Å². The lowest BCUT2D eigenvalue weighted by Crippen LogP contribution is -2.26. The molecule has 0 aromatic carbocycles. The summed E-state index contributed by atoms with van der Waals surface area (Å²) in [4.78, 5) is 15.0. The third-order valence-electron chi connectivity index (χ3n) is 1.59. The third-order valence-corrected chi connectivity index (χ3v) is 1.59. The summed E-state index contributed by atoms with van der Waals surface area (Å²) in [6.07, 6.45) is 1.63. The van der Waals surface area contributed by atoms with E-state index in [1.807, 2.05) is 12.1 Å². The zero-order valence-electron chi connectivity index (χ0n) is 9.59. The lowest BCUT2D eigenvalue weighted by atomic mass is 10.1. The first kappa shape index (κ1) is 11.5. The van der Waals surface area contributed by atoms with Crippen LogP contribution in [-0.2, 0) is 4.79 Å². The Morgan fingerprint density at radius 1 is 1.33 bits per heavy atom. The molecule has 4 nitrogen and oxygen atoms in total. The van der Waals surface area contributed by atoms with Crippen LogP contribution in [-0.4, -0.2) is 16.4 Å². The highest BCUT2D eigenvalue weighted by Crippen LogP contribution is 2.14. The molecule has 0 unspecified atom stereocenters. The number of anilines is 2. The van der Waals surface area contributed by atoms with E-state index in [4.69, 9.17) is 0 Å². The Balaban J connectivity index is 2.68. The van der Waals surface area contributed by atoms with E-state index in [1.54, 1.807) is 6.20 Å². The molecule has 0 fully saturated rings. The van der Waals surface area contributed by atoms with Gasteiger partial charge in [-0.3, -0.25) is 4.79 Å². The maximum atomic E-state index is 10.8. The summed E-state index contributed by atoms with van der Waals surface area (Å²) < 4.78 is 0. The molecule has 0 saturated carbocycles. The fourth-order valence-corrected chi connectivity index (χ4v) is 1.13. The fraction of sp³-hybridized carbons (Fsp3) is 0.455. The monoisotopic (exact) mass is 207 g/mol. The van der Waals surface area contributed by atoms with Gasteiger partial charge in [-0.05, 0) is 32.9 Å². The Morgan fingerprint density at radius 3 is 2.40 bits per heavy atom. The molecule has 1 amide bonds. The van der Waals surface area contributed by atoms with Crippen molar-refractivity contribution in [2.75, 3.05) is 10.6 Å². The minimum Gasteiger partial charge on any atom is -0.365 e. The van der Waals surface area contributed by atoms with Crippen molar-refractivity contribution in [1.29, 1.82) is 0 Å². The number of amides is 1. The molecule has 0 atom stereocenters. The SMILES string of the molecule is CC(=O)Nc1ccc(NC(C)(C)C)nc1. The normalized spacial score (nSPS) is 10.9. The Morgan fingerprint density at radius 2 is 2.00 bits per heavy atom. The van der Waals surface area contributed by atoms with Crippen molar-refractivity contribution in [3.63, 3.8) is 0 Å². The Bertz CT molecular complexity index is 338. The molecule has 1 aromatic heterocycles. The number of aromatic nitrogens is 1. The van der Waals surface area contributed by atoms with Crippen LogP contribution in [0.2, 0.25) is 0 Å². The summed E-state index contributed by atoms with van der Waals surface area (Å²) in [6.45, 7) is 7.67. The molecular weight excluding hydrogens is 190 g/mol. The molecule has 0 aliphatic carbocycles. The number of carbonyl (C=O) groups excluding carboxylic acids is 1. The maximum absolute atomic E-state index is 10.8. The number of pyridine rings is 1. The van der Waals surface area contributed by atoms with Crippen LogP contribution in [0.15, 0.2) is 18.3 Å². The molecule has 0 radical (unpaired) electrons. The van der Waals surface area contributed by atoms with Crippen LogP contribution in [0.4, 0.5) is 11.5 Å². The number of nitrogens with zero attached hydrogens (tertiary/aromatic N) is 1. The van der Waals surface area contributed by atoms with Crippen molar-refractivity contribution >= 4 is 17.4 Å². The highest BCUT2D eigenvalue weighted by Gasteiger charge is 2.09. The van der Waals surface area contributed by atoms with Gasteiger partial charge in [0.25, 0.3) is 0 Å². The molecule has 0 aliphatic rings. The number of rotatable bonds is 2. The summed E-state index contributed by atoms with van der Waals surface area (Å²) in [7, 11) is 0. The first-order valence-electron chi connectivity index (χ1n) is 4.89. The van der Waals surface area contributed by atoms with Crippen LogP contribution in [0.3, 0.4) is 0 Å². The summed E-state index contributed by atoms with van der Waals surface area (Å²) in [5, 5.41) is 5.90. The molecule has 1 heterocycles. The summed E-state index contributed by atoms with van der Waals surface area (Å²) >= 11 is 0. The molecule has 4 heteroatoms. The zero-order chi connectivity index (χ0) is 11.5. The van der Waals surface area contributed by atoms with Gasteiger partial charge in [-0.2, -0.15) is 0 Å². The minimum absolute atomic E-state index is 0.0114. The average molecular weight is 207 g/mol. The number of nitrogens with one attached hydrogen (secondary N) is 2. The van der Waals surface area contributed by atoms with Crippen LogP contribution < -0.4 is 10.6 Å². The van der Waals surface area contributed by atoms with Gasteiger partial charge in [0.15, 0.2) is 0 Å². The molecule has 0 saturated heterocycles. The molecule has 0 aliphatic heterocycles. The molecule has 0 spiro atoms. The van der Waals surface area contributed by atoms with E-state index >= 15 is 0 Å². The van der Waals surface area contributed by atoms with Crippen LogP contribution in [0, 0.1) is 0 Å². The summed E-state index contributed by atoms with van der Waals surface area (Å²) in [5.74, 6) is 0.713. The van der Waals surface area contributed by atoms with E-state index in [-0.39, 0.29) is 11.4 Å². The van der Waals surface area contributed by atoms with Crippen molar-refractivity contribution in [1.82, 2.24) is 4.98 Å². The van der Waals surface area contributed by atoms with Crippen molar-refractivity contribution in [2.24, 2.45) is 0 Å². The number of carbonyl (C=O) groups is 1. The third kappa shape index (κ3) is 4.44.